The van der Waals surface area contributed by atoms with E-state index in [1.807, 2.05) is 0 Å². The molecule has 2 heterocycles. The average molecular weight is 318 g/mol. The minimum atomic E-state index is -0.147. The van der Waals surface area contributed by atoms with Gasteiger partial charge in [-0.1, -0.05) is 38.5 Å². The second-order valence-corrected chi connectivity index (χ2v) is 6.39. The number of furan rings is 1. The summed E-state index contributed by atoms with van der Waals surface area (Å²) in [5.74, 6) is 1.44. The molecule has 5 nitrogen and oxygen atoms in total. The standard InChI is InChI=1S/C18H26N2O3/c21-13-14-11-12-17(23-14)18-19-15-9-7-5-3-1-2-4-6-8-10-16(15)20(18)22/h11-12,21-22H,1-10,13H2. The molecule has 0 fully saturated rings. The van der Waals surface area contributed by atoms with Gasteiger partial charge < -0.3 is 14.7 Å². The maximum absolute atomic E-state index is 10.5. The number of aliphatic hydroxyl groups is 1. The van der Waals surface area contributed by atoms with E-state index in [4.69, 9.17) is 9.52 Å². The highest BCUT2D eigenvalue weighted by Crippen LogP contribution is 2.26. The van der Waals surface area contributed by atoms with Gasteiger partial charge >= 0.3 is 0 Å². The highest BCUT2D eigenvalue weighted by atomic mass is 16.5. The van der Waals surface area contributed by atoms with Crippen molar-refractivity contribution in [2.45, 2.75) is 70.8 Å². The first-order chi connectivity index (χ1) is 11.3. The van der Waals surface area contributed by atoms with Crippen LogP contribution < -0.4 is 0 Å². The molecule has 5 heteroatoms. The molecule has 3 rings (SSSR count). The molecule has 2 N–H and O–H groups in total. The monoisotopic (exact) mass is 318 g/mol. The van der Waals surface area contributed by atoms with E-state index in [-0.39, 0.29) is 6.61 Å². The largest absolute Gasteiger partial charge is 0.455 e. The predicted molar refractivity (Wildman–Crippen MR) is 87.4 cm³/mol. The van der Waals surface area contributed by atoms with Crippen molar-refractivity contribution in [3.63, 3.8) is 0 Å². The summed E-state index contributed by atoms with van der Waals surface area (Å²) in [6, 6.07) is 3.47. The van der Waals surface area contributed by atoms with Crippen LogP contribution in [0.1, 0.15) is 68.5 Å². The van der Waals surface area contributed by atoms with Gasteiger partial charge in [-0.15, -0.1) is 0 Å². The van der Waals surface area contributed by atoms with Crippen molar-refractivity contribution in [2.24, 2.45) is 0 Å². The van der Waals surface area contributed by atoms with E-state index in [1.54, 1.807) is 12.1 Å². The second-order valence-electron chi connectivity index (χ2n) is 6.39. The molecule has 0 aliphatic heterocycles. The summed E-state index contributed by atoms with van der Waals surface area (Å²) < 4.78 is 6.73. The fourth-order valence-corrected chi connectivity index (χ4v) is 3.33. The molecular formula is C18H26N2O3. The van der Waals surface area contributed by atoms with Crippen LogP contribution in [-0.4, -0.2) is 20.0 Å². The first kappa shape index (κ1) is 16.1. The van der Waals surface area contributed by atoms with Crippen LogP contribution in [0.15, 0.2) is 16.5 Å². The third kappa shape index (κ3) is 3.78. The lowest BCUT2D eigenvalue weighted by Crippen LogP contribution is -2.03. The lowest BCUT2D eigenvalue weighted by Gasteiger charge is -2.08. The topological polar surface area (TPSA) is 71.4 Å². The van der Waals surface area contributed by atoms with E-state index in [9.17, 15) is 5.21 Å². The van der Waals surface area contributed by atoms with E-state index in [2.05, 4.69) is 4.98 Å². The first-order valence-electron chi connectivity index (χ1n) is 8.79. The first-order valence-corrected chi connectivity index (χ1v) is 8.79. The fourth-order valence-electron chi connectivity index (χ4n) is 3.33. The third-order valence-corrected chi connectivity index (χ3v) is 4.65. The zero-order chi connectivity index (χ0) is 16.1. The predicted octanol–water partition coefficient (Wildman–Crippen LogP) is 4.09. The van der Waals surface area contributed by atoms with Crippen LogP contribution in [0.4, 0.5) is 0 Å². The zero-order valence-corrected chi connectivity index (χ0v) is 13.6. The SMILES string of the molecule is OCc1ccc(-c2nc3c(n2O)CCCCCCCCCC3)o1. The Morgan fingerprint density at radius 3 is 2.26 bits per heavy atom. The maximum Gasteiger partial charge on any atom is 0.211 e. The molecule has 1 aliphatic carbocycles. The molecular weight excluding hydrogens is 292 g/mol. The summed E-state index contributed by atoms with van der Waals surface area (Å²) >= 11 is 0. The number of imidazole rings is 1. The maximum atomic E-state index is 10.5. The summed E-state index contributed by atoms with van der Waals surface area (Å²) in [7, 11) is 0. The Morgan fingerprint density at radius 1 is 0.957 bits per heavy atom. The molecule has 1 aliphatic rings. The molecule has 0 saturated heterocycles. The lowest BCUT2D eigenvalue weighted by atomic mass is 10.0. The van der Waals surface area contributed by atoms with Crippen LogP contribution in [-0.2, 0) is 19.4 Å². The average Bonchev–Trinajstić information content (AvgIpc) is 3.13. The van der Waals surface area contributed by atoms with Crippen LogP contribution >= 0.6 is 0 Å². The van der Waals surface area contributed by atoms with Crippen molar-refractivity contribution in [2.75, 3.05) is 0 Å². The van der Waals surface area contributed by atoms with Crippen molar-refractivity contribution < 1.29 is 14.7 Å². The Kier molecular flexibility index (Phi) is 5.39. The number of fused-ring (bicyclic) bond motifs is 1. The quantitative estimate of drug-likeness (QED) is 0.818. The van der Waals surface area contributed by atoms with Crippen LogP contribution in [0.5, 0.6) is 0 Å². The van der Waals surface area contributed by atoms with E-state index in [1.165, 1.54) is 43.3 Å². The van der Waals surface area contributed by atoms with Crippen LogP contribution in [0.3, 0.4) is 0 Å². The van der Waals surface area contributed by atoms with Gasteiger partial charge in [-0.05, 0) is 37.8 Å². The van der Waals surface area contributed by atoms with Crippen molar-refractivity contribution in [1.29, 1.82) is 0 Å². The van der Waals surface area contributed by atoms with Crippen LogP contribution in [0.25, 0.3) is 11.6 Å². The molecule has 0 spiro atoms. The molecule has 0 radical (unpaired) electrons. The van der Waals surface area contributed by atoms with Gasteiger partial charge in [0.1, 0.15) is 12.4 Å². The van der Waals surface area contributed by atoms with Crippen molar-refractivity contribution in [1.82, 2.24) is 9.71 Å². The van der Waals surface area contributed by atoms with Crippen molar-refractivity contribution >= 4 is 0 Å². The van der Waals surface area contributed by atoms with Crippen LogP contribution in [0.2, 0.25) is 0 Å². The van der Waals surface area contributed by atoms with Gasteiger partial charge in [-0.2, -0.15) is 4.73 Å². The Balaban J connectivity index is 1.86. The lowest BCUT2D eigenvalue weighted by molar-refractivity contribution is 0.178. The minimum absolute atomic E-state index is 0.147. The molecule has 0 atom stereocenters. The summed E-state index contributed by atoms with van der Waals surface area (Å²) in [6.45, 7) is -0.147. The van der Waals surface area contributed by atoms with Gasteiger partial charge in [0.25, 0.3) is 0 Å². The van der Waals surface area contributed by atoms with E-state index in [0.29, 0.717) is 17.3 Å². The van der Waals surface area contributed by atoms with Crippen molar-refractivity contribution in [3.8, 4) is 11.6 Å². The molecule has 0 saturated carbocycles. The van der Waals surface area contributed by atoms with E-state index in [0.717, 1.165) is 37.1 Å². The Hall–Kier alpha value is -1.75. The number of aliphatic hydroxyl groups excluding tert-OH is 1. The number of hydrogen-bond donors (Lipinski definition) is 2. The molecule has 0 bridgehead atoms. The number of nitrogens with zero attached hydrogens (tertiary/aromatic N) is 2. The van der Waals surface area contributed by atoms with E-state index >= 15 is 0 Å². The number of hydrogen-bond acceptors (Lipinski definition) is 4. The second kappa shape index (κ2) is 7.68. The van der Waals surface area contributed by atoms with Gasteiger partial charge in [0.15, 0.2) is 5.76 Å². The molecule has 126 valence electrons. The normalized spacial score (nSPS) is 17.3. The summed E-state index contributed by atoms with van der Waals surface area (Å²) in [6.07, 6.45) is 11.6. The molecule has 0 unspecified atom stereocenters. The fraction of sp³-hybridized carbons (Fsp3) is 0.611. The Labute approximate surface area is 136 Å². The van der Waals surface area contributed by atoms with Gasteiger partial charge in [0, 0.05) is 0 Å². The molecule has 2 aromatic heterocycles. The van der Waals surface area contributed by atoms with Crippen LogP contribution in [0, 0.1) is 0 Å². The number of aryl methyl sites for hydroxylation is 1. The minimum Gasteiger partial charge on any atom is -0.455 e. The van der Waals surface area contributed by atoms with Gasteiger partial charge in [0.2, 0.25) is 5.82 Å². The van der Waals surface area contributed by atoms with Crippen molar-refractivity contribution in [3.05, 3.63) is 29.3 Å². The molecule has 2 aromatic rings. The zero-order valence-electron chi connectivity index (χ0n) is 13.6. The molecule has 0 aromatic carbocycles. The van der Waals surface area contributed by atoms with Gasteiger partial charge in [-0.3, -0.25) is 0 Å². The molecule has 0 amide bonds. The highest BCUT2D eigenvalue weighted by Gasteiger charge is 2.20. The number of aromatic nitrogens is 2. The summed E-state index contributed by atoms with van der Waals surface area (Å²) in [5, 5.41) is 19.7. The summed E-state index contributed by atoms with van der Waals surface area (Å²) in [5.41, 5.74) is 1.91. The summed E-state index contributed by atoms with van der Waals surface area (Å²) in [4.78, 5) is 4.63. The van der Waals surface area contributed by atoms with E-state index < -0.39 is 0 Å². The van der Waals surface area contributed by atoms with Gasteiger partial charge in [-0.25, -0.2) is 4.98 Å². The molecule has 23 heavy (non-hydrogen) atoms. The smallest absolute Gasteiger partial charge is 0.211 e. The number of rotatable bonds is 2. The van der Waals surface area contributed by atoms with Gasteiger partial charge in [0.05, 0.1) is 11.4 Å². The highest BCUT2D eigenvalue weighted by molar-refractivity contribution is 5.49. The third-order valence-electron chi connectivity index (χ3n) is 4.65. The Bertz CT molecular complexity index is 630. The Morgan fingerprint density at radius 2 is 1.61 bits per heavy atom.